The first-order valence-electron chi connectivity index (χ1n) is 12.0. The zero-order valence-electron chi connectivity index (χ0n) is 19.6. The summed E-state index contributed by atoms with van der Waals surface area (Å²) in [5, 5.41) is 9.55. The molecule has 4 rings (SSSR count). The van der Waals surface area contributed by atoms with E-state index in [9.17, 15) is 23.1 Å². The van der Waals surface area contributed by atoms with Gasteiger partial charge in [-0.2, -0.15) is 13.2 Å². The minimum atomic E-state index is -4.37. The van der Waals surface area contributed by atoms with Crippen molar-refractivity contribution in [1.29, 1.82) is 0 Å². The number of aryl methyl sites for hydroxylation is 1. The number of halogens is 3. The van der Waals surface area contributed by atoms with Gasteiger partial charge < -0.3 is 9.84 Å². The number of carboxylic acids is 1. The van der Waals surface area contributed by atoms with Crippen molar-refractivity contribution in [3.63, 3.8) is 0 Å². The minimum Gasteiger partial charge on any atom is -0.489 e. The average molecular weight is 476 g/mol. The van der Waals surface area contributed by atoms with E-state index < -0.39 is 23.6 Å². The summed E-state index contributed by atoms with van der Waals surface area (Å²) in [7, 11) is 0. The molecule has 4 nitrogen and oxygen atoms in total. The van der Waals surface area contributed by atoms with Gasteiger partial charge in [-0.1, -0.05) is 36.8 Å². The Kier molecular flexibility index (Phi) is 7.22. The third kappa shape index (κ3) is 5.93. The summed E-state index contributed by atoms with van der Waals surface area (Å²) in [6, 6.07) is 12.0. The summed E-state index contributed by atoms with van der Waals surface area (Å²) >= 11 is 0. The smallest absolute Gasteiger partial charge is 0.416 e. The van der Waals surface area contributed by atoms with Gasteiger partial charge in [-0.25, -0.2) is 0 Å². The van der Waals surface area contributed by atoms with E-state index in [0.29, 0.717) is 23.8 Å². The largest absolute Gasteiger partial charge is 0.489 e. The first-order chi connectivity index (χ1) is 16.1. The average Bonchev–Trinajstić information content (AvgIpc) is 3.58. The fourth-order valence-corrected chi connectivity index (χ4v) is 5.19. The molecule has 2 fully saturated rings. The van der Waals surface area contributed by atoms with Crippen LogP contribution in [0.3, 0.4) is 0 Å². The van der Waals surface area contributed by atoms with E-state index in [0.717, 1.165) is 43.4 Å². The van der Waals surface area contributed by atoms with Crippen molar-refractivity contribution in [1.82, 2.24) is 4.90 Å². The Morgan fingerprint density at radius 2 is 1.94 bits per heavy atom. The highest BCUT2D eigenvalue weighted by atomic mass is 19.4. The number of carboxylic acid groups (broad SMARTS) is 1. The van der Waals surface area contributed by atoms with Gasteiger partial charge in [-0.3, -0.25) is 9.69 Å². The van der Waals surface area contributed by atoms with Crippen LogP contribution in [0.5, 0.6) is 5.75 Å². The van der Waals surface area contributed by atoms with Crippen LogP contribution < -0.4 is 4.74 Å². The zero-order valence-corrected chi connectivity index (χ0v) is 19.6. The lowest BCUT2D eigenvalue weighted by Crippen LogP contribution is -2.41. The molecule has 2 aromatic rings. The lowest BCUT2D eigenvalue weighted by molar-refractivity contribution is -0.142. The predicted octanol–water partition coefficient (Wildman–Crippen LogP) is 6.27. The summed E-state index contributed by atoms with van der Waals surface area (Å²) in [6.45, 7) is 5.08. The van der Waals surface area contributed by atoms with Crippen molar-refractivity contribution < 1.29 is 27.8 Å². The first kappa shape index (κ1) is 24.6. The van der Waals surface area contributed by atoms with Crippen molar-refractivity contribution in [2.75, 3.05) is 13.1 Å². The van der Waals surface area contributed by atoms with E-state index >= 15 is 0 Å². The molecule has 3 atom stereocenters. The van der Waals surface area contributed by atoms with Gasteiger partial charge >= 0.3 is 12.1 Å². The normalized spacial score (nSPS) is 21.1. The molecule has 2 aliphatic rings. The van der Waals surface area contributed by atoms with Crippen LogP contribution in [0.15, 0.2) is 42.5 Å². The van der Waals surface area contributed by atoms with Gasteiger partial charge in [-0.15, -0.1) is 0 Å². The number of carbonyl (C=O) groups is 1. The van der Waals surface area contributed by atoms with Gasteiger partial charge in [-0.05, 0) is 80.3 Å². The topological polar surface area (TPSA) is 49.8 Å². The second kappa shape index (κ2) is 9.98. The molecular formula is C27H32F3NO3. The molecule has 1 N–H and O–H groups in total. The summed E-state index contributed by atoms with van der Waals surface area (Å²) in [5.41, 5.74) is 1.51. The standard InChI is InChI=1S/C27H32F3NO3/c1-17-8-11-24(27(28,29)30)21(13-17)15-31-12-4-7-23(16-31)34-22-6-3-5-20(14-22)25(19-9-10-19)18(2)26(32)33/h3,5-6,8,11,13-14,18-19,23,25H,4,7,9-10,12,15-16H2,1-2H3,(H,32,33)/t18-,23-,25-/m0/s1. The van der Waals surface area contributed by atoms with Gasteiger partial charge in [0.1, 0.15) is 11.9 Å². The van der Waals surface area contributed by atoms with Crippen LogP contribution in [0.4, 0.5) is 13.2 Å². The van der Waals surface area contributed by atoms with E-state index in [2.05, 4.69) is 0 Å². The monoisotopic (exact) mass is 475 g/mol. The third-order valence-electron chi connectivity index (χ3n) is 7.03. The fourth-order valence-electron chi connectivity index (χ4n) is 5.19. The Balaban J connectivity index is 1.45. The Morgan fingerprint density at radius 3 is 2.62 bits per heavy atom. The van der Waals surface area contributed by atoms with Gasteiger partial charge in [0.15, 0.2) is 0 Å². The SMILES string of the molecule is Cc1ccc(C(F)(F)F)c(CN2CCC[C@H](Oc3cccc([C@H](C4CC4)[C@H](C)C(=O)O)c3)C2)c1. The number of aliphatic carboxylic acids is 1. The van der Waals surface area contributed by atoms with Crippen molar-refractivity contribution in [2.24, 2.45) is 11.8 Å². The third-order valence-corrected chi connectivity index (χ3v) is 7.03. The molecule has 0 amide bonds. The van der Waals surface area contributed by atoms with E-state index in [1.165, 1.54) is 12.1 Å². The van der Waals surface area contributed by atoms with Gasteiger partial charge in [0, 0.05) is 13.1 Å². The summed E-state index contributed by atoms with van der Waals surface area (Å²) in [6.07, 6.45) is -0.732. The van der Waals surface area contributed by atoms with Crippen LogP contribution in [0.2, 0.25) is 0 Å². The number of hydrogen-bond donors (Lipinski definition) is 1. The zero-order chi connectivity index (χ0) is 24.5. The molecule has 0 radical (unpaired) electrons. The lowest BCUT2D eigenvalue weighted by Gasteiger charge is -2.33. The molecule has 1 saturated carbocycles. The van der Waals surface area contributed by atoms with Crippen LogP contribution in [-0.4, -0.2) is 35.2 Å². The van der Waals surface area contributed by atoms with Crippen molar-refractivity contribution in [3.8, 4) is 5.75 Å². The number of likely N-dealkylation sites (tertiary alicyclic amines) is 1. The Morgan fingerprint density at radius 1 is 1.18 bits per heavy atom. The minimum absolute atomic E-state index is 0.0361. The van der Waals surface area contributed by atoms with Crippen LogP contribution in [0.25, 0.3) is 0 Å². The highest BCUT2D eigenvalue weighted by molar-refractivity contribution is 5.71. The maximum atomic E-state index is 13.5. The number of benzene rings is 2. The molecule has 0 spiro atoms. The Bertz CT molecular complexity index is 1020. The maximum absolute atomic E-state index is 13.5. The molecule has 34 heavy (non-hydrogen) atoms. The number of ether oxygens (including phenoxy) is 1. The molecule has 1 aliphatic heterocycles. The summed E-state index contributed by atoms with van der Waals surface area (Å²) < 4.78 is 46.7. The molecule has 1 saturated heterocycles. The number of piperidine rings is 1. The molecule has 1 heterocycles. The van der Waals surface area contributed by atoms with E-state index in [1.54, 1.807) is 19.9 Å². The van der Waals surface area contributed by atoms with Crippen LogP contribution in [-0.2, 0) is 17.5 Å². The molecule has 184 valence electrons. The van der Waals surface area contributed by atoms with Crippen LogP contribution in [0, 0.1) is 18.8 Å². The Labute approximate surface area is 198 Å². The van der Waals surface area contributed by atoms with E-state index in [-0.39, 0.29) is 18.6 Å². The highest BCUT2D eigenvalue weighted by Crippen LogP contribution is 2.47. The van der Waals surface area contributed by atoms with Crippen molar-refractivity contribution in [3.05, 3.63) is 64.7 Å². The molecule has 1 aliphatic carbocycles. The molecule has 7 heteroatoms. The van der Waals surface area contributed by atoms with Crippen LogP contribution >= 0.6 is 0 Å². The van der Waals surface area contributed by atoms with E-state index in [4.69, 9.17) is 4.74 Å². The Hall–Kier alpha value is -2.54. The summed E-state index contributed by atoms with van der Waals surface area (Å²) in [4.78, 5) is 13.7. The van der Waals surface area contributed by atoms with Gasteiger partial charge in [0.2, 0.25) is 0 Å². The molecular weight excluding hydrogens is 443 g/mol. The lowest BCUT2D eigenvalue weighted by atomic mass is 9.83. The molecule has 0 unspecified atom stereocenters. The number of hydrogen-bond acceptors (Lipinski definition) is 3. The quantitative estimate of drug-likeness (QED) is 0.489. The second-order valence-corrected chi connectivity index (χ2v) is 9.84. The first-order valence-corrected chi connectivity index (χ1v) is 12.0. The summed E-state index contributed by atoms with van der Waals surface area (Å²) in [5.74, 6) is -0.209. The number of rotatable bonds is 8. The predicted molar refractivity (Wildman–Crippen MR) is 124 cm³/mol. The highest BCUT2D eigenvalue weighted by Gasteiger charge is 2.39. The van der Waals surface area contributed by atoms with Gasteiger partial charge in [0.05, 0.1) is 11.5 Å². The van der Waals surface area contributed by atoms with Crippen LogP contribution in [0.1, 0.15) is 60.8 Å². The number of nitrogens with zero attached hydrogens (tertiary/aromatic N) is 1. The van der Waals surface area contributed by atoms with Gasteiger partial charge in [0.25, 0.3) is 0 Å². The van der Waals surface area contributed by atoms with Crippen molar-refractivity contribution in [2.45, 2.75) is 64.3 Å². The molecule has 2 aromatic carbocycles. The molecule has 0 bridgehead atoms. The van der Waals surface area contributed by atoms with Crippen molar-refractivity contribution >= 4 is 5.97 Å². The molecule has 0 aromatic heterocycles. The number of alkyl halides is 3. The second-order valence-electron chi connectivity index (χ2n) is 9.84. The maximum Gasteiger partial charge on any atom is 0.416 e. The fraction of sp³-hybridized carbons (Fsp3) is 0.519. The van der Waals surface area contributed by atoms with E-state index in [1.807, 2.05) is 29.2 Å².